The molecule has 0 radical (unpaired) electrons. The Hall–Kier alpha value is -0.292. The molecular weight excluding hydrogens is 185 g/mol. The van der Waals surface area contributed by atoms with E-state index in [1.54, 1.807) is 0 Å². The van der Waals surface area contributed by atoms with Crippen molar-refractivity contribution in [1.29, 1.82) is 0 Å². The van der Waals surface area contributed by atoms with Gasteiger partial charge in [-0.15, -0.1) is 0 Å². The van der Waals surface area contributed by atoms with Gasteiger partial charge in [0, 0.05) is 0 Å². The van der Waals surface area contributed by atoms with Crippen LogP contribution in [0.4, 0.5) is 0 Å². The molecule has 1 aromatic rings. The predicted octanol–water partition coefficient (Wildman–Crippen LogP) is 1.46. The summed E-state index contributed by atoms with van der Waals surface area (Å²) in [6.45, 7) is 2.26. The maximum absolute atomic E-state index is 4.06. The van der Waals surface area contributed by atoms with Crippen molar-refractivity contribution in [2.45, 2.75) is 17.3 Å². The van der Waals surface area contributed by atoms with E-state index >= 15 is 0 Å². The van der Waals surface area contributed by atoms with Crippen molar-refractivity contribution >= 4 is 15.8 Å². The molecule has 0 aliphatic rings. The monoisotopic (exact) mass is 197 g/mol. The molecule has 1 aromatic heterocycles. The van der Waals surface area contributed by atoms with E-state index in [0.29, 0.717) is 15.8 Å². The first-order chi connectivity index (χ1) is 4.93. The van der Waals surface area contributed by atoms with Gasteiger partial charge in [0.15, 0.2) is 0 Å². The Morgan fingerprint density at radius 2 is 2.50 bits per heavy atom. The summed E-state index contributed by atoms with van der Waals surface area (Å²) in [5.41, 5.74) is 1.41. The minimum absolute atomic E-state index is 0.292. The fourth-order valence-electron chi connectivity index (χ4n) is 0.772. The van der Waals surface area contributed by atoms with Crippen LogP contribution < -0.4 is 0 Å². The zero-order chi connectivity index (χ0) is 7.23. The number of hydrogen-bond donors (Lipinski definition) is 0. The second-order valence-electron chi connectivity index (χ2n) is 2.14. The third kappa shape index (κ3) is 2.53. The summed E-state index contributed by atoms with van der Waals surface area (Å²) in [7, 11) is 0. The van der Waals surface area contributed by atoms with Crippen LogP contribution in [-0.2, 0) is 5.21 Å². The molecular formula is C8H12AsN. The molecule has 0 aromatic carbocycles. The van der Waals surface area contributed by atoms with Crippen LogP contribution in [0.5, 0.6) is 0 Å². The van der Waals surface area contributed by atoms with Gasteiger partial charge in [-0.2, -0.15) is 0 Å². The number of aromatic nitrogens is 1. The zero-order valence-corrected chi connectivity index (χ0v) is 8.27. The average Bonchev–Trinajstić information content (AvgIpc) is 2.03. The van der Waals surface area contributed by atoms with Gasteiger partial charge in [0.2, 0.25) is 0 Å². The van der Waals surface area contributed by atoms with Gasteiger partial charge in [-0.1, -0.05) is 0 Å². The summed E-state index contributed by atoms with van der Waals surface area (Å²) < 4.78 is 0. The van der Waals surface area contributed by atoms with Crippen molar-refractivity contribution in [2.24, 2.45) is 0 Å². The molecule has 1 nitrogen and oxygen atoms in total. The van der Waals surface area contributed by atoms with E-state index in [9.17, 15) is 0 Å². The van der Waals surface area contributed by atoms with Crippen LogP contribution in [0, 0.1) is 0 Å². The SMILES string of the molecule is CC[AsH]Cc1cccnc1. The van der Waals surface area contributed by atoms with E-state index in [1.165, 1.54) is 16.0 Å². The molecule has 2 heteroatoms. The molecule has 0 aliphatic carbocycles. The summed E-state index contributed by atoms with van der Waals surface area (Å²) >= 11 is 0.292. The van der Waals surface area contributed by atoms with Crippen LogP contribution in [0.2, 0.25) is 5.21 Å². The van der Waals surface area contributed by atoms with Gasteiger partial charge >= 0.3 is 68.2 Å². The zero-order valence-electron chi connectivity index (χ0n) is 6.17. The molecule has 10 heavy (non-hydrogen) atoms. The Balaban J connectivity index is 2.43. The standard InChI is InChI=1S/C8H12AsN/c1-2-9-6-8-4-3-5-10-7-8/h3-5,7,9H,2,6H2,1H3. The van der Waals surface area contributed by atoms with Gasteiger partial charge in [-0.05, 0) is 0 Å². The van der Waals surface area contributed by atoms with Crippen molar-refractivity contribution in [3.05, 3.63) is 30.1 Å². The van der Waals surface area contributed by atoms with Crippen molar-refractivity contribution in [3.8, 4) is 0 Å². The molecule has 0 N–H and O–H groups in total. The fourth-order valence-corrected chi connectivity index (χ4v) is 2.34. The van der Waals surface area contributed by atoms with E-state index in [0.717, 1.165) is 0 Å². The van der Waals surface area contributed by atoms with Gasteiger partial charge < -0.3 is 0 Å². The van der Waals surface area contributed by atoms with Crippen molar-refractivity contribution < 1.29 is 0 Å². The van der Waals surface area contributed by atoms with Crippen LogP contribution in [0.15, 0.2) is 24.5 Å². The Kier molecular flexibility index (Phi) is 3.52. The van der Waals surface area contributed by atoms with Crippen LogP contribution in [-0.4, -0.2) is 20.7 Å². The second kappa shape index (κ2) is 4.51. The molecule has 1 heterocycles. The first kappa shape index (κ1) is 7.81. The van der Waals surface area contributed by atoms with E-state index in [-0.39, 0.29) is 0 Å². The van der Waals surface area contributed by atoms with E-state index in [4.69, 9.17) is 0 Å². The maximum atomic E-state index is 4.06. The molecule has 0 fully saturated rings. The molecule has 0 saturated heterocycles. The molecule has 0 bridgehead atoms. The quantitative estimate of drug-likeness (QED) is 0.668. The number of pyridine rings is 1. The fraction of sp³-hybridized carbons (Fsp3) is 0.375. The first-order valence-corrected chi connectivity index (χ1v) is 6.50. The molecule has 1 rings (SSSR count). The molecule has 1 unspecified atom stereocenters. The molecule has 0 spiro atoms. The predicted molar refractivity (Wildman–Crippen MR) is 45.6 cm³/mol. The minimum atomic E-state index is 0.292. The summed E-state index contributed by atoms with van der Waals surface area (Å²) in [6, 6.07) is 4.17. The summed E-state index contributed by atoms with van der Waals surface area (Å²) in [6.07, 6.45) is 3.80. The third-order valence-electron chi connectivity index (χ3n) is 1.30. The summed E-state index contributed by atoms with van der Waals surface area (Å²) in [5, 5.41) is 2.68. The second-order valence-corrected chi connectivity index (χ2v) is 5.42. The van der Waals surface area contributed by atoms with Gasteiger partial charge in [0.1, 0.15) is 0 Å². The molecule has 0 aliphatic heterocycles. The van der Waals surface area contributed by atoms with Crippen LogP contribution in [0.3, 0.4) is 0 Å². The molecule has 0 saturated carbocycles. The third-order valence-corrected chi connectivity index (χ3v) is 3.73. The van der Waals surface area contributed by atoms with E-state index in [1.807, 2.05) is 18.5 Å². The van der Waals surface area contributed by atoms with Gasteiger partial charge in [0.05, 0.1) is 0 Å². The van der Waals surface area contributed by atoms with Crippen LogP contribution in [0.25, 0.3) is 0 Å². The van der Waals surface area contributed by atoms with Crippen molar-refractivity contribution in [1.82, 2.24) is 4.98 Å². The van der Waals surface area contributed by atoms with E-state index < -0.39 is 0 Å². The number of rotatable bonds is 3. The van der Waals surface area contributed by atoms with Gasteiger partial charge in [-0.25, -0.2) is 0 Å². The van der Waals surface area contributed by atoms with Crippen molar-refractivity contribution in [3.63, 3.8) is 0 Å². The number of nitrogens with zero attached hydrogens (tertiary/aromatic N) is 1. The van der Waals surface area contributed by atoms with Crippen molar-refractivity contribution in [2.75, 3.05) is 0 Å². The average molecular weight is 197 g/mol. The Bertz CT molecular complexity index is 174. The summed E-state index contributed by atoms with van der Waals surface area (Å²) in [4.78, 5) is 4.06. The molecule has 0 amide bonds. The normalized spacial score (nSPS) is 10.9. The van der Waals surface area contributed by atoms with Crippen LogP contribution >= 0.6 is 0 Å². The van der Waals surface area contributed by atoms with Crippen LogP contribution in [0.1, 0.15) is 12.5 Å². The Morgan fingerprint density at radius 3 is 3.10 bits per heavy atom. The number of hydrogen-bond acceptors (Lipinski definition) is 1. The first-order valence-electron chi connectivity index (χ1n) is 3.53. The molecule has 54 valence electrons. The Morgan fingerprint density at radius 1 is 1.60 bits per heavy atom. The Labute approximate surface area is 68.6 Å². The topological polar surface area (TPSA) is 12.9 Å². The molecule has 1 atom stereocenters. The van der Waals surface area contributed by atoms with E-state index in [2.05, 4.69) is 18.0 Å². The van der Waals surface area contributed by atoms with Gasteiger partial charge in [0.25, 0.3) is 0 Å². The van der Waals surface area contributed by atoms with Gasteiger partial charge in [-0.3, -0.25) is 0 Å². The summed E-state index contributed by atoms with van der Waals surface area (Å²) in [5.74, 6) is 0.